The van der Waals surface area contributed by atoms with Crippen LogP contribution in [0.2, 0.25) is 0 Å². The van der Waals surface area contributed by atoms with Crippen LogP contribution >= 0.6 is 0 Å². The fourth-order valence-electron chi connectivity index (χ4n) is 3.53. The van der Waals surface area contributed by atoms with Crippen molar-refractivity contribution < 1.29 is 13.7 Å². The molecule has 0 bridgehead atoms. The standard InChI is InChI=1S/C19H21N5O3/c1-12-8-15(13(2)26-12)19(25)24-7-3-4-14(11-24)9-17-22-18(23-27-17)16-10-20-5-6-21-16/h5-6,8,10,14H,3-4,7,9,11H2,1-2H3/t14-/m0/s1. The van der Waals surface area contributed by atoms with Crippen molar-refractivity contribution >= 4 is 5.91 Å². The van der Waals surface area contributed by atoms with E-state index in [2.05, 4.69) is 20.1 Å². The molecule has 0 aromatic carbocycles. The monoisotopic (exact) mass is 367 g/mol. The molecule has 3 aromatic rings. The Morgan fingerprint density at radius 3 is 2.96 bits per heavy atom. The van der Waals surface area contributed by atoms with E-state index in [0.717, 1.165) is 25.1 Å². The van der Waals surface area contributed by atoms with Crippen LogP contribution in [0, 0.1) is 19.8 Å². The summed E-state index contributed by atoms with van der Waals surface area (Å²) in [5, 5.41) is 3.99. The predicted octanol–water partition coefficient (Wildman–Crippen LogP) is 2.83. The van der Waals surface area contributed by atoms with Crippen molar-refractivity contribution in [2.45, 2.75) is 33.1 Å². The molecule has 0 radical (unpaired) electrons. The molecule has 1 saturated heterocycles. The molecular weight excluding hydrogens is 346 g/mol. The number of nitrogens with zero attached hydrogens (tertiary/aromatic N) is 5. The fourth-order valence-corrected chi connectivity index (χ4v) is 3.53. The van der Waals surface area contributed by atoms with Gasteiger partial charge in [-0.3, -0.25) is 9.78 Å². The summed E-state index contributed by atoms with van der Waals surface area (Å²) in [5.41, 5.74) is 1.23. The third-order valence-corrected chi connectivity index (χ3v) is 4.80. The van der Waals surface area contributed by atoms with Crippen LogP contribution in [0.1, 0.15) is 40.6 Å². The molecule has 1 atom stereocenters. The summed E-state index contributed by atoms with van der Waals surface area (Å²) in [6.07, 6.45) is 7.41. The van der Waals surface area contributed by atoms with Crippen molar-refractivity contribution in [3.63, 3.8) is 0 Å². The van der Waals surface area contributed by atoms with Gasteiger partial charge in [-0.05, 0) is 38.7 Å². The summed E-state index contributed by atoms with van der Waals surface area (Å²) < 4.78 is 10.9. The van der Waals surface area contributed by atoms with Crippen LogP contribution < -0.4 is 0 Å². The van der Waals surface area contributed by atoms with Crippen LogP contribution in [-0.4, -0.2) is 44.0 Å². The van der Waals surface area contributed by atoms with Crippen molar-refractivity contribution in [3.05, 3.63) is 47.6 Å². The summed E-state index contributed by atoms with van der Waals surface area (Å²) in [6, 6.07) is 1.81. The number of rotatable bonds is 4. The normalized spacial score (nSPS) is 17.3. The number of piperidine rings is 1. The maximum atomic E-state index is 12.8. The van der Waals surface area contributed by atoms with Gasteiger partial charge < -0.3 is 13.8 Å². The zero-order valence-electron chi connectivity index (χ0n) is 15.4. The number of amides is 1. The molecule has 0 N–H and O–H groups in total. The molecule has 27 heavy (non-hydrogen) atoms. The van der Waals surface area contributed by atoms with Crippen LogP contribution in [0.4, 0.5) is 0 Å². The van der Waals surface area contributed by atoms with E-state index in [-0.39, 0.29) is 11.8 Å². The summed E-state index contributed by atoms with van der Waals surface area (Å²) in [4.78, 5) is 27.3. The van der Waals surface area contributed by atoms with Gasteiger partial charge in [0.2, 0.25) is 11.7 Å². The lowest BCUT2D eigenvalue weighted by molar-refractivity contribution is 0.0666. The maximum absolute atomic E-state index is 12.8. The molecule has 8 nitrogen and oxygen atoms in total. The van der Waals surface area contributed by atoms with Crippen LogP contribution in [0.15, 0.2) is 33.6 Å². The first-order valence-corrected chi connectivity index (χ1v) is 9.05. The molecule has 140 valence electrons. The van der Waals surface area contributed by atoms with Gasteiger partial charge in [-0.2, -0.15) is 4.98 Å². The van der Waals surface area contributed by atoms with Crippen molar-refractivity contribution in [2.75, 3.05) is 13.1 Å². The van der Waals surface area contributed by atoms with Crippen molar-refractivity contribution in [3.8, 4) is 11.5 Å². The highest BCUT2D eigenvalue weighted by atomic mass is 16.5. The first-order valence-electron chi connectivity index (χ1n) is 9.05. The van der Waals surface area contributed by atoms with Gasteiger partial charge in [0.25, 0.3) is 5.91 Å². The first kappa shape index (κ1) is 17.4. The minimum atomic E-state index is 0.0276. The van der Waals surface area contributed by atoms with Gasteiger partial charge in [0.1, 0.15) is 17.2 Å². The second-order valence-corrected chi connectivity index (χ2v) is 6.89. The molecule has 4 heterocycles. The Labute approximate surface area is 156 Å². The highest BCUT2D eigenvalue weighted by molar-refractivity contribution is 5.95. The van der Waals surface area contributed by atoms with E-state index in [1.165, 1.54) is 0 Å². The third kappa shape index (κ3) is 3.74. The van der Waals surface area contributed by atoms with Gasteiger partial charge in [0.15, 0.2) is 0 Å². The zero-order chi connectivity index (χ0) is 18.8. The molecule has 0 unspecified atom stereocenters. The third-order valence-electron chi connectivity index (χ3n) is 4.80. The number of furan rings is 1. The highest BCUT2D eigenvalue weighted by Gasteiger charge is 2.28. The van der Waals surface area contributed by atoms with Gasteiger partial charge in [-0.1, -0.05) is 5.16 Å². The molecule has 1 amide bonds. The largest absolute Gasteiger partial charge is 0.466 e. The van der Waals surface area contributed by atoms with Gasteiger partial charge >= 0.3 is 0 Å². The number of aryl methyl sites for hydroxylation is 2. The van der Waals surface area contributed by atoms with E-state index in [1.54, 1.807) is 18.6 Å². The SMILES string of the molecule is Cc1cc(C(=O)N2CCC[C@@H](Cc3nc(-c4cnccn4)no3)C2)c(C)o1. The lowest BCUT2D eigenvalue weighted by Crippen LogP contribution is -2.40. The van der Waals surface area contributed by atoms with E-state index in [0.29, 0.717) is 41.7 Å². The zero-order valence-corrected chi connectivity index (χ0v) is 15.4. The van der Waals surface area contributed by atoms with E-state index in [4.69, 9.17) is 8.94 Å². The van der Waals surface area contributed by atoms with Gasteiger partial charge in [0.05, 0.1) is 11.8 Å². The number of likely N-dealkylation sites (tertiary alicyclic amines) is 1. The van der Waals surface area contributed by atoms with Crippen molar-refractivity contribution in [1.82, 2.24) is 25.0 Å². The molecule has 0 aliphatic carbocycles. The maximum Gasteiger partial charge on any atom is 0.257 e. The Bertz CT molecular complexity index is 934. The predicted molar refractivity (Wildman–Crippen MR) is 95.8 cm³/mol. The van der Waals surface area contributed by atoms with Crippen LogP contribution in [-0.2, 0) is 6.42 Å². The fraction of sp³-hybridized carbons (Fsp3) is 0.421. The second-order valence-electron chi connectivity index (χ2n) is 6.89. The topological polar surface area (TPSA) is 98.2 Å². The summed E-state index contributed by atoms with van der Waals surface area (Å²) >= 11 is 0. The molecule has 1 fully saturated rings. The van der Waals surface area contributed by atoms with Crippen molar-refractivity contribution in [1.29, 1.82) is 0 Å². The molecule has 3 aromatic heterocycles. The Hall–Kier alpha value is -3.03. The number of aromatic nitrogens is 4. The van der Waals surface area contributed by atoms with Crippen molar-refractivity contribution in [2.24, 2.45) is 5.92 Å². The molecule has 0 spiro atoms. The van der Waals surface area contributed by atoms with E-state index in [1.807, 2.05) is 24.8 Å². The van der Waals surface area contributed by atoms with Gasteiger partial charge in [-0.25, -0.2) is 4.98 Å². The number of carbonyl (C=O) groups excluding carboxylic acids is 1. The van der Waals surface area contributed by atoms with Gasteiger partial charge in [-0.15, -0.1) is 0 Å². The molecule has 4 rings (SSSR count). The van der Waals surface area contributed by atoms with E-state index in [9.17, 15) is 4.79 Å². The molecule has 8 heteroatoms. The van der Waals surface area contributed by atoms with E-state index < -0.39 is 0 Å². The van der Waals surface area contributed by atoms with Gasteiger partial charge in [0, 0.05) is 31.9 Å². The second kappa shape index (κ2) is 7.30. The quantitative estimate of drug-likeness (QED) is 0.699. The Morgan fingerprint density at radius 1 is 1.33 bits per heavy atom. The van der Waals surface area contributed by atoms with Crippen LogP contribution in [0.25, 0.3) is 11.5 Å². The highest BCUT2D eigenvalue weighted by Crippen LogP contribution is 2.24. The summed E-state index contributed by atoms with van der Waals surface area (Å²) in [7, 11) is 0. The summed E-state index contributed by atoms with van der Waals surface area (Å²) in [6.45, 7) is 5.11. The molecule has 1 aliphatic heterocycles. The summed E-state index contributed by atoms with van der Waals surface area (Å²) in [5.74, 6) is 2.74. The minimum Gasteiger partial charge on any atom is -0.466 e. The Morgan fingerprint density at radius 2 is 2.22 bits per heavy atom. The average Bonchev–Trinajstić information content (AvgIpc) is 3.28. The lowest BCUT2D eigenvalue weighted by atomic mass is 9.94. The Balaban J connectivity index is 1.42. The molecular formula is C19H21N5O3. The van der Waals surface area contributed by atoms with Crippen LogP contribution in [0.3, 0.4) is 0 Å². The first-order chi connectivity index (χ1) is 13.1. The Kier molecular flexibility index (Phi) is 4.70. The molecule has 1 aliphatic rings. The number of hydrogen-bond donors (Lipinski definition) is 0. The smallest absolute Gasteiger partial charge is 0.257 e. The minimum absolute atomic E-state index is 0.0276. The molecule has 0 saturated carbocycles. The average molecular weight is 367 g/mol. The lowest BCUT2D eigenvalue weighted by Gasteiger charge is -2.32. The number of hydrogen-bond acceptors (Lipinski definition) is 7. The number of carbonyl (C=O) groups is 1. The van der Waals surface area contributed by atoms with E-state index >= 15 is 0 Å². The van der Waals surface area contributed by atoms with Crippen LogP contribution in [0.5, 0.6) is 0 Å².